The van der Waals surface area contributed by atoms with Crippen LogP contribution in [0.15, 0.2) is 0 Å². The van der Waals surface area contributed by atoms with Gasteiger partial charge in [0.1, 0.15) is 12.3 Å². The van der Waals surface area contributed by atoms with Crippen LogP contribution in [0.3, 0.4) is 0 Å². The van der Waals surface area contributed by atoms with Crippen LogP contribution in [0.5, 0.6) is 0 Å². The van der Waals surface area contributed by atoms with E-state index in [2.05, 4.69) is 0 Å². The maximum absolute atomic E-state index is 13.4. The zero-order valence-corrected chi connectivity index (χ0v) is 7.30. The number of primary amides is 1. The standard InChI is InChI=1S/C9H13F2NO/c10-5-3-1-2-4-9(5)6(7(9)11)8(12)13/h5-7H,1-4H2,(H2,12,13). The Morgan fingerprint density at radius 1 is 1.38 bits per heavy atom. The summed E-state index contributed by atoms with van der Waals surface area (Å²) >= 11 is 0. The molecule has 1 spiro atoms. The highest BCUT2D eigenvalue weighted by Gasteiger charge is 2.72. The number of amides is 1. The summed E-state index contributed by atoms with van der Waals surface area (Å²) in [5.74, 6) is -1.54. The van der Waals surface area contributed by atoms with E-state index in [-0.39, 0.29) is 0 Å². The maximum Gasteiger partial charge on any atom is 0.224 e. The minimum atomic E-state index is -1.33. The van der Waals surface area contributed by atoms with E-state index in [4.69, 9.17) is 5.73 Å². The lowest BCUT2D eigenvalue weighted by Gasteiger charge is -2.25. The van der Waals surface area contributed by atoms with E-state index in [1.807, 2.05) is 0 Å². The van der Waals surface area contributed by atoms with Gasteiger partial charge in [0.15, 0.2) is 0 Å². The molecule has 0 aromatic rings. The molecule has 2 fully saturated rings. The lowest BCUT2D eigenvalue weighted by molar-refractivity contribution is -0.120. The highest BCUT2D eigenvalue weighted by Crippen LogP contribution is 2.63. The molecule has 0 bridgehead atoms. The predicted molar refractivity (Wildman–Crippen MR) is 43.4 cm³/mol. The second kappa shape index (κ2) is 2.66. The fourth-order valence-corrected chi connectivity index (χ4v) is 2.66. The Morgan fingerprint density at radius 3 is 2.54 bits per heavy atom. The van der Waals surface area contributed by atoms with Crippen molar-refractivity contribution in [2.24, 2.45) is 17.1 Å². The number of alkyl halides is 2. The minimum absolute atomic E-state index is 0.379. The fourth-order valence-electron chi connectivity index (χ4n) is 2.66. The summed E-state index contributed by atoms with van der Waals surface area (Å²) in [6, 6.07) is 0. The minimum Gasteiger partial charge on any atom is -0.369 e. The summed E-state index contributed by atoms with van der Waals surface area (Å²) in [4.78, 5) is 10.8. The molecule has 0 heterocycles. The summed E-state index contributed by atoms with van der Waals surface area (Å²) in [5, 5.41) is 0. The molecule has 2 saturated carbocycles. The topological polar surface area (TPSA) is 43.1 Å². The predicted octanol–water partition coefficient (Wildman–Crippen LogP) is 1.34. The third kappa shape index (κ3) is 1.00. The van der Waals surface area contributed by atoms with E-state index >= 15 is 0 Å². The first-order valence-electron chi connectivity index (χ1n) is 4.68. The lowest BCUT2D eigenvalue weighted by Crippen LogP contribution is -2.29. The summed E-state index contributed by atoms with van der Waals surface area (Å²) in [6.45, 7) is 0. The largest absolute Gasteiger partial charge is 0.369 e. The fraction of sp³-hybridized carbons (Fsp3) is 0.889. The van der Waals surface area contributed by atoms with Gasteiger partial charge in [-0.25, -0.2) is 8.78 Å². The number of halogens is 2. The summed E-state index contributed by atoms with van der Waals surface area (Å²) in [5.41, 5.74) is 3.99. The van der Waals surface area contributed by atoms with Gasteiger partial charge in [-0.15, -0.1) is 0 Å². The first-order valence-corrected chi connectivity index (χ1v) is 4.68. The first-order chi connectivity index (χ1) is 6.10. The molecule has 1 amide bonds. The molecule has 2 aliphatic carbocycles. The van der Waals surface area contributed by atoms with E-state index in [1.54, 1.807) is 0 Å². The zero-order chi connectivity index (χ0) is 9.64. The molecule has 0 aromatic heterocycles. The summed E-state index contributed by atoms with van der Waals surface area (Å²) in [7, 11) is 0. The molecule has 2 aliphatic rings. The Labute approximate surface area is 75.5 Å². The van der Waals surface area contributed by atoms with Crippen LogP contribution < -0.4 is 5.73 Å². The van der Waals surface area contributed by atoms with E-state index in [0.29, 0.717) is 12.8 Å². The van der Waals surface area contributed by atoms with Crippen LogP contribution in [-0.4, -0.2) is 18.3 Å². The van der Waals surface area contributed by atoms with Crippen LogP contribution in [0.1, 0.15) is 25.7 Å². The van der Waals surface area contributed by atoms with Gasteiger partial charge in [0.05, 0.1) is 5.92 Å². The van der Waals surface area contributed by atoms with Gasteiger partial charge in [0.25, 0.3) is 0 Å². The van der Waals surface area contributed by atoms with Gasteiger partial charge in [0, 0.05) is 5.41 Å². The van der Waals surface area contributed by atoms with Crippen molar-refractivity contribution in [1.82, 2.24) is 0 Å². The van der Waals surface area contributed by atoms with Crippen molar-refractivity contribution < 1.29 is 13.6 Å². The van der Waals surface area contributed by atoms with Gasteiger partial charge in [-0.1, -0.05) is 12.8 Å². The molecular weight excluding hydrogens is 176 g/mol. The van der Waals surface area contributed by atoms with E-state index in [0.717, 1.165) is 12.8 Å². The molecule has 4 unspecified atom stereocenters. The maximum atomic E-state index is 13.4. The van der Waals surface area contributed by atoms with Gasteiger partial charge >= 0.3 is 0 Å². The number of rotatable bonds is 1. The third-order valence-electron chi connectivity index (χ3n) is 3.48. The van der Waals surface area contributed by atoms with Crippen molar-refractivity contribution in [3.8, 4) is 0 Å². The Kier molecular flexibility index (Phi) is 1.82. The van der Waals surface area contributed by atoms with Crippen molar-refractivity contribution >= 4 is 5.91 Å². The van der Waals surface area contributed by atoms with Crippen LogP contribution in [0, 0.1) is 11.3 Å². The van der Waals surface area contributed by atoms with Gasteiger partial charge in [-0.2, -0.15) is 0 Å². The second-order valence-corrected chi connectivity index (χ2v) is 4.11. The van der Waals surface area contributed by atoms with Gasteiger partial charge in [-0.05, 0) is 12.8 Å². The van der Waals surface area contributed by atoms with Gasteiger partial charge in [0.2, 0.25) is 5.91 Å². The van der Waals surface area contributed by atoms with Gasteiger partial charge in [-0.3, -0.25) is 4.79 Å². The molecular formula is C9H13F2NO. The molecule has 4 heteroatoms. The van der Waals surface area contributed by atoms with Crippen LogP contribution >= 0.6 is 0 Å². The summed E-state index contributed by atoms with van der Waals surface area (Å²) < 4.78 is 26.7. The van der Waals surface area contributed by atoms with Crippen molar-refractivity contribution in [2.75, 3.05) is 0 Å². The van der Waals surface area contributed by atoms with Crippen molar-refractivity contribution in [3.63, 3.8) is 0 Å². The number of nitrogens with two attached hydrogens (primary N) is 1. The smallest absolute Gasteiger partial charge is 0.224 e. The number of carbonyl (C=O) groups is 1. The summed E-state index contributed by atoms with van der Waals surface area (Å²) in [6.07, 6.45) is -0.0483. The Balaban J connectivity index is 2.17. The quantitative estimate of drug-likeness (QED) is 0.664. The molecule has 0 radical (unpaired) electrons. The number of hydrogen-bond acceptors (Lipinski definition) is 1. The molecule has 0 saturated heterocycles. The number of hydrogen-bond donors (Lipinski definition) is 1. The van der Waals surface area contributed by atoms with Crippen LogP contribution in [-0.2, 0) is 4.79 Å². The van der Waals surface area contributed by atoms with Crippen LogP contribution in [0.4, 0.5) is 8.78 Å². The van der Waals surface area contributed by atoms with Crippen molar-refractivity contribution in [3.05, 3.63) is 0 Å². The molecule has 2 nitrogen and oxygen atoms in total. The highest BCUT2D eigenvalue weighted by atomic mass is 19.1. The molecule has 2 N–H and O–H groups in total. The molecule has 0 aliphatic heterocycles. The molecule has 2 rings (SSSR count). The Bertz CT molecular complexity index is 246. The average molecular weight is 189 g/mol. The van der Waals surface area contributed by atoms with E-state index in [1.165, 1.54) is 0 Å². The van der Waals surface area contributed by atoms with Crippen molar-refractivity contribution in [2.45, 2.75) is 38.0 Å². The van der Waals surface area contributed by atoms with Crippen LogP contribution in [0.25, 0.3) is 0 Å². The van der Waals surface area contributed by atoms with Crippen LogP contribution in [0.2, 0.25) is 0 Å². The third-order valence-corrected chi connectivity index (χ3v) is 3.48. The lowest BCUT2D eigenvalue weighted by atomic mass is 9.82. The SMILES string of the molecule is NC(=O)C1C(F)C12CCCCC2F. The average Bonchev–Trinajstić information content (AvgIpc) is 2.64. The molecule has 4 atom stereocenters. The highest BCUT2D eigenvalue weighted by molar-refractivity contribution is 5.82. The molecule has 13 heavy (non-hydrogen) atoms. The van der Waals surface area contributed by atoms with E-state index in [9.17, 15) is 13.6 Å². The number of carbonyl (C=O) groups excluding carboxylic acids is 1. The van der Waals surface area contributed by atoms with Gasteiger partial charge < -0.3 is 5.73 Å². The second-order valence-electron chi connectivity index (χ2n) is 4.11. The normalized spacial score (nSPS) is 49.2. The molecule has 74 valence electrons. The monoisotopic (exact) mass is 189 g/mol. The Hall–Kier alpha value is -0.670. The molecule has 0 aromatic carbocycles. The van der Waals surface area contributed by atoms with Crippen molar-refractivity contribution in [1.29, 1.82) is 0 Å². The zero-order valence-electron chi connectivity index (χ0n) is 7.30. The Morgan fingerprint density at radius 2 is 2.08 bits per heavy atom. The van der Waals surface area contributed by atoms with E-state index < -0.39 is 29.6 Å². The first kappa shape index (κ1) is 8.91.